The van der Waals surface area contributed by atoms with Gasteiger partial charge in [-0.05, 0) is 42.3 Å². The molecule has 2 aromatic carbocycles. The van der Waals surface area contributed by atoms with E-state index in [9.17, 15) is 4.79 Å². The van der Waals surface area contributed by atoms with E-state index in [0.717, 1.165) is 42.8 Å². The van der Waals surface area contributed by atoms with Crippen molar-refractivity contribution in [3.05, 3.63) is 53.5 Å². The maximum atomic E-state index is 12.8. The van der Waals surface area contributed by atoms with Crippen LogP contribution in [0.3, 0.4) is 0 Å². The summed E-state index contributed by atoms with van der Waals surface area (Å²) in [5, 5.41) is 13.7. The highest BCUT2D eigenvalue weighted by Crippen LogP contribution is 2.33. The number of benzene rings is 2. The fraction of sp³-hybridized carbons (Fsp3) is 0.318. The molecule has 5 rings (SSSR count). The number of piperidine rings is 1. The van der Waals surface area contributed by atoms with Crippen LogP contribution in [0.5, 0.6) is 5.75 Å². The van der Waals surface area contributed by atoms with Gasteiger partial charge in [0.25, 0.3) is 0 Å². The molecule has 4 aromatic rings. The molecule has 31 heavy (non-hydrogen) atoms. The van der Waals surface area contributed by atoms with Crippen molar-refractivity contribution in [3.8, 4) is 17.1 Å². The van der Waals surface area contributed by atoms with Gasteiger partial charge in [0.05, 0.1) is 22.3 Å². The quantitative estimate of drug-likeness (QED) is 0.479. The average Bonchev–Trinajstić information content (AvgIpc) is 3.46. The molecule has 0 atom stereocenters. The van der Waals surface area contributed by atoms with Crippen molar-refractivity contribution in [2.75, 3.05) is 20.2 Å². The van der Waals surface area contributed by atoms with Gasteiger partial charge in [0.2, 0.25) is 11.7 Å². The van der Waals surface area contributed by atoms with Crippen LogP contribution in [-0.2, 0) is 11.3 Å². The van der Waals surface area contributed by atoms with Gasteiger partial charge in [0.1, 0.15) is 12.3 Å². The number of amides is 1. The number of aromatic nitrogens is 5. The van der Waals surface area contributed by atoms with Crippen LogP contribution in [-0.4, -0.2) is 56.2 Å². The highest BCUT2D eigenvalue weighted by molar-refractivity contribution is 7.18. The van der Waals surface area contributed by atoms with E-state index in [1.807, 2.05) is 41.3 Å². The highest BCUT2D eigenvalue weighted by Gasteiger charge is 2.26. The monoisotopic (exact) mass is 434 g/mol. The summed E-state index contributed by atoms with van der Waals surface area (Å²) in [7, 11) is 1.61. The summed E-state index contributed by atoms with van der Waals surface area (Å²) in [6.07, 6.45) is 1.84. The van der Waals surface area contributed by atoms with E-state index in [0.29, 0.717) is 11.7 Å². The van der Waals surface area contributed by atoms with E-state index in [1.54, 1.807) is 18.4 Å². The number of fused-ring (bicyclic) bond motifs is 1. The molecule has 0 N–H and O–H groups in total. The first-order valence-electron chi connectivity index (χ1n) is 10.2. The Morgan fingerprint density at radius 1 is 1.16 bits per heavy atom. The Kier molecular flexibility index (Phi) is 5.33. The van der Waals surface area contributed by atoms with Crippen LogP contribution in [0.25, 0.3) is 21.6 Å². The molecule has 1 saturated heterocycles. The third kappa shape index (κ3) is 4.13. The standard InChI is InChI=1S/C22H22N6O2S/c1-30-17-6-4-5-16(13-17)21-24-26-28(25-21)14-20(29)27-11-9-15(10-12-27)22-23-18-7-2-3-8-19(18)31-22/h2-8,13,15H,9-12,14H2,1H3. The van der Waals surface area contributed by atoms with Gasteiger partial charge in [-0.2, -0.15) is 4.80 Å². The van der Waals surface area contributed by atoms with Crippen LogP contribution in [0.15, 0.2) is 48.5 Å². The molecule has 0 radical (unpaired) electrons. The van der Waals surface area contributed by atoms with Crippen LogP contribution in [0.2, 0.25) is 0 Å². The SMILES string of the molecule is COc1cccc(-c2nnn(CC(=O)N3CCC(c4nc5ccccc5s4)CC3)n2)c1. The van der Waals surface area contributed by atoms with Crippen LogP contribution >= 0.6 is 11.3 Å². The second-order valence-corrected chi connectivity index (χ2v) is 8.61. The Bertz CT molecular complexity index is 1180. The number of nitrogens with zero attached hydrogens (tertiary/aromatic N) is 6. The van der Waals surface area contributed by atoms with Gasteiger partial charge in [-0.3, -0.25) is 4.79 Å². The smallest absolute Gasteiger partial charge is 0.246 e. The van der Waals surface area contributed by atoms with Gasteiger partial charge in [-0.25, -0.2) is 4.98 Å². The summed E-state index contributed by atoms with van der Waals surface area (Å²) in [5.74, 6) is 1.62. The molecule has 0 bridgehead atoms. The van der Waals surface area contributed by atoms with Gasteiger partial charge < -0.3 is 9.64 Å². The largest absolute Gasteiger partial charge is 0.497 e. The molecular formula is C22H22N6O2S. The average molecular weight is 435 g/mol. The molecule has 1 aliphatic heterocycles. The number of carbonyl (C=O) groups is 1. The molecular weight excluding hydrogens is 412 g/mol. The van der Waals surface area contributed by atoms with Crippen molar-refractivity contribution in [1.29, 1.82) is 0 Å². The van der Waals surface area contributed by atoms with E-state index < -0.39 is 0 Å². The lowest BCUT2D eigenvalue weighted by atomic mass is 9.97. The van der Waals surface area contributed by atoms with Gasteiger partial charge in [0, 0.05) is 24.6 Å². The summed E-state index contributed by atoms with van der Waals surface area (Å²) in [4.78, 5) is 20.8. The van der Waals surface area contributed by atoms with E-state index in [1.165, 1.54) is 14.5 Å². The predicted octanol–water partition coefficient (Wildman–Crippen LogP) is 3.36. The number of ether oxygens (including phenoxy) is 1. The molecule has 8 nitrogen and oxygen atoms in total. The second-order valence-electron chi connectivity index (χ2n) is 7.55. The first-order valence-corrected chi connectivity index (χ1v) is 11.1. The highest BCUT2D eigenvalue weighted by atomic mass is 32.1. The molecule has 0 spiro atoms. The van der Waals surface area contributed by atoms with Gasteiger partial charge in [0.15, 0.2) is 0 Å². The van der Waals surface area contributed by atoms with E-state index in [2.05, 4.69) is 27.5 Å². The number of para-hydroxylation sites is 1. The molecule has 9 heteroatoms. The normalized spacial score (nSPS) is 14.8. The molecule has 1 fully saturated rings. The summed E-state index contributed by atoms with van der Waals surface area (Å²) >= 11 is 1.76. The van der Waals surface area contributed by atoms with E-state index >= 15 is 0 Å². The van der Waals surface area contributed by atoms with Crippen molar-refractivity contribution in [2.45, 2.75) is 25.3 Å². The second kappa shape index (κ2) is 8.43. The molecule has 1 aliphatic rings. The zero-order valence-electron chi connectivity index (χ0n) is 17.1. The van der Waals surface area contributed by atoms with E-state index in [4.69, 9.17) is 9.72 Å². The molecule has 158 valence electrons. The Labute approximate surface area is 183 Å². The Morgan fingerprint density at radius 3 is 2.81 bits per heavy atom. The minimum atomic E-state index is 0.0114. The first kappa shape index (κ1) is 19.6. The lowest BCUT2D eigenvalue weighted by Gasteiger charge is -2.30. The fourth-order valence-corrected chi connectivity index (χ4v) is 4.99. The Morgan fingerprint density at radius 2 is 2.00 bits per heavy atom. The molecule has 3 heterocycles. The maximum Gasteiger partial charge on any atom is 0.246 e. The van der Waals surface area contributed by atoms with Gasteiger partial charge >= 0.3 is 0 Å². The summed E-state index contributed by atoms with van der Waals surface area (Å²) in [5.41, 5.74) is 1.86. The zero-order valence-corrected chi connectivity index (χ0v) is 18.0. The van der Waals surface area contributed by atoms with Crippen LogP contribution in [0.4, 0.5) is 0 Å². The Balaban J connectivity index is 1.20. The molecule has 0 aliphatic carbocycles. The summed E-state index contributed by atoms with van der Waals surface area (Å²) in [6.45, 7) is 1.52. The minimum absolute atomic E-state index is 0.0114. The lowest BCUT2D eigenvalue weighted by Crippen LogP contribution is -2.40. The number of rotatable bonds is 5. The predicted molar refractivity (Wildman–Crippen MR) is 118 cm³/mol. The van der Waals surface area contributed by atoms with Crippen molar-refractivity contribution in [2.24, 2.45) is 0 Å². The van der Waals surface area contributed by atoms with Crippen molar-refractivity contribution in [3.63, 3.8) is 0 Å². The molecule has 0 unspecified atom stereocenters. The van der Waals surface area contributed by atoms with E-state index in [-0.39, 0.29) is 12.5 Å². The third-order valence-corrected chi connectivity index (χ3v) is 6.76. The Hall–Kier alpha value is -3.33. The topological polar surface area (TPSA) is 86.0 Å². The first-order chi connectivity index (χ1) is 15.2. The maximum absolute atomic E-state index is 12.8. The summed E-state index contributed by atoms with van der Waals surface area (Å²) in [6, 6.07) is 15.7. The van der Waals surface area contributed by atoms with Gasteiger partial charge in [-0.15, -0.1) is 21.5 Å². The molecule has 1 amide bonds. The number of hydrogen-bond acceptors (Lipinski definition) is 7. The number of carbonyl (C=O) groups excluding carboxylic acids is 1. The number of methoxy groups -OCH3 is 1. The lowest BCUT2D eigenvalue weighted by molar-refractivity contribution is -0.133. The fourth-order valence-electron chi connectivity index (χ4n) is 3.85. The van der Waals surface area contributed by atoms with Gasteiger partial charge in [-0.1, -0.05) is 24.3 Å². The third-order valence-electron chi connectivity index (χ3n) is 5.56. The number of likely N-dealkylation sites (tertiary alicyclic amines) is 1. The van der Waals surface area contributed by atoms with Crippen molar-refractivity contribution < 1.29 is 9.53 Å². The number of hydrogen-bond donors (Lipinski definition) is 0. The van der Waals surface area contributed by atoms with Crippen LogP contribution in [0, 0.1) is 0 Å². The zero-order chi connectivity index (χ0) is 21.2. The van der Waals surface area contributed by atoms with Crippen LogP contribution in [0.1, 0.15) is 23.8 Å². The van der Waals surface area contributed by atoms with Crippen molar-refractivity contribution >= 4 is 27.5 Å². The molecule has 2 aromatic heterocycles. The van der Waals surface area contributed by atoms with Crippen molar-refractivity contribution in [1.82, 2.24) is 30.1 Å². The number of tetrazole rings is 1. The van der Waals surface area contributed by atoms with Crippen LogP contribution < -0.4 is 4.74 Å². The minimum Gasteiger partial charge on any atom is -0.497 e. The molecule has 0 saturated carbocycles. The summed E-state index contributed by atoms with van der Waals surface area (Å²) < 4.78 is 6.46. The number of thiazole rings is 1.